The van der Waals surface area contributed by atoms with Crippen LogP contribution in [0, 0.1) is 11.3 Å². The Bertz CT molecular complexity index is 742. The maximum Gasteiger partial charge on any atom is 0.163 e. The number of carbonyl (C=O) groups excluding carboxylic acids is 2. The van der Waals surface area contributed by atoms with Gasteiger partial charge in [0.2, 0.25) is 0 Å². The fourth-order valence-corrected chi connectivity index (χ4v) is 4.62. The van der Waals surface area contributed by atoms with E-state index in [0.717, 1.165) is 36.8 Å². The van der Waals surface area contributed by atoms with Crippen LogP contribution in [0.25, 0.3) is 0 Å². The molecule has 2 fully saturated rings. The second-order valence-electron chi connectivity index (χ2n) is 7.22. The Morgan fingerprint density at radius 1 is 0.958 bits per heavy atom. The molecule has 2 aromatic rings. The number of benzene rings is 2. The summed E-state index contributed by atoms with van der Waals surface area (Å²) in [6.07, 6.45) is 4.75. The summed E-state index contributed by atoms with van der Waals surface area (Å²) in [6.45, 7) is 0. The average molecular weight is 318 g/mol. The van der Waals surface area contributed by atoms with Crippen molar-refractivity contribution in [3.8, 4) is 0 Å². The van der Waals surface area contributed by atoms with Gasteiger partial charge in [0.25, 0.3) is 0 Å². The molecule has 0 heterocycles. The standard InChI is InChI=1S/C22H22O2/c23-19(17-11-5-2-6-12-17)15-18(16-9-3-1-4-10-16)20-21(24)22(20)13-7-8-14-22/h1-6,9-12,18,20H,7-8,13-15H2/t18-,20-/m1/s1. The summed E-state index contributed by atoms with van der Waals surface area (Å²) >= 11 is 0. The Labute approximate surface area is 142 Å². The molecule has 2 nitrogen and oxygen atoms in total. The van der Waals surface area contributed by atoms with Crippen LogP contribution in [0.5, 0.6) is 0 Å². The van der Waals surface area contributed by atoms with E-state index >= 15 is 0 Å². The molecule has 0 bridgehead atoms. The lowest BCUT2D eigenvalue weighted by molar-refractivity contribution is -0.113. The third-order valence-electron chi connectivity index (χ3n) is 5.91. The van der Waals surface area contributed by atoms with Crippen LogP contribution in [0.2, 0.25) is 0 Å². The van der Waals surface area contributed by atoms with Crippen LogP contribution in [-0.2, 0) is 4.79 Å². The summed E-state index contributed by atoms with van der Waals surface area (Å²) in [5.41, 5.74) is 1.76. The molecule has 2 aliphatic rings. The fourth-order valence-electron chi connectivity index (χ4n) is 4.62. The number of hydrogen-bond donors (Lipinski definition) is 0. The van der Waals surface area contributed by atoms with Crippen molar-refractivity contribution in [2.45, 2.75) is 38.0 Å². The normalized spacial score (nSPS) is 22.5. The second kappa shape index (κ2) is 6.01. The van der Waals surface area contributed by atoms with E-state index in [1.165, 1.54) is 0 Å². The van der Waals surface area contributed by atoms with Crippen molar-refractivity contribution < 1.29 is 9.59 Å². The Hall–Kier alpha value is -2.22. The molecule has 2 saturated carbocycles. The fraction of sp³-hybridized carbons (Fsp3) is 0.364. The van der Waals surface area contributed by atoms with Crippen molar-refractivity contribution >= 4 is 11.6 Å². The van der Waals surface area contributed by atoms with Crippen LogP contribution in [0.4, 0.5) is 0 Å². The lowest BCUT2D eigenvalue weighted by atomic mass is 9.83. The first-order valence-electron chi connectivity index (χ1n) is 8.90. The van der Waals surface area contributed by atoms with Gasteiger partial charge in [-0.2, -0.15) is 0 Å². The first kappa shape index (κ1) is 15.3. The predicted octanol–water partition coefficient (Wildman–Crippen LogP) is 4.80. The highest BCUT2D eigenvalue weighted by atomic mass is 16.1. The summed E-state index contributed by atoms with van der Waals surface area (Å²) in [5.74, 6) is 0.589. The molecule has 0 N–H and O–H groups in total. The van der Waals surface area contributed by atoms with Gasteiger partial charge in [-0.05, 0) is 18.4 Å². The Morgan fingerprint density at radius 2 is 1.54 bits per heavy atom. The molecular formula is C22H22O2. The van der Waals surface area contributed by atoms with Crippen LogP contribution < -0.4 is 0 Å². The molecule has 0 radical (unpaired) electrons. The Balaban J connectivity index is 1.63. The predicted molar refractivity (Wildman–Crippen MR) is 94.0 cm³/mol. The van der Waals surface area contributed by atoms with Gasteiger partial charge in [0.15, 0.2) is 5.78 Å². The highest BCUT2D eigenvalue weighted by molar-refractivity contribution is 6.06. The average Bonchev–Trinajstić information content (AvgIpc) is 2.99. The molecule has 0 amide bonds. The van der Waals surface area contributed by atoms with E-state index < -0.39 is 0 Å². The molecule has 1 spiro atoms. The van der Waals surface area contributed by atoms with Crippen LogP contribution in [0.15, 0.2) is 60.7 Å². The summed E-state index contributed by atoms with van der Waals surface area (Å²) in [6, 6.07) is 19.6. The first-order chi connectivity index (χ1) is 11.7. The lowest BCUT2D eigenvalue weighted by Gasteiger charge is -2.18. The van der Waals surface area contributed by atoms with Crippen LogP contribution in [0.3, 0.4) is 0 Å². The third-order valence-corrected chi connectivity index (χ3v) is 5.91. The van der Waals surface area contributed by atoms with Crippen molar-refractivity contribution in [2.24, 2.45) is 11.3 Å². The van der Waals surface area contributed by atoms with Crippen molar-refractivity contribution in [1.82, 2.24) is 0 Å². The number of hydrogen-bond acceptors (Lipinski definition) is 2. The number of ketones is 2. The van der Waals surface area contributed by atoms with Crippen molar-refractivity contribution in [1.29, 1.82) is 0 Å². The SMILES string of the molecule is O=C(C[C@H](c1ccccc1)[C@@H]1C(=O)C12CCCC2)c1ccccc1. The van der Waals surface area contributed by atoms with Gasteiger partial charge in [-0.3, -0.25) is 9.59 Å². The minimum absolute atomic E-state index is 0.0181. The molecule has 2 aliphatic carbocycles. The van der Waals surface area contributed by atoms with E-state index in [0.29, 0.717) is 12.2 Å². The van der Waals surface area contributed by atoms with Crippen LogP contribution >= 0.6 is 0 Å². The van der Waals surface area contributed by atoms with E-state index in [-0.39, 0.29) is 23.0 Å². The molecule has 2 atom stereocenters. The van der Waals surface area contributed by atoms with E-state index in [2.05, 4.69) is 12.1 Å². The van der Waals surface area contributed by atoms with E-state index in [9.17, 15) is 9.59 Å². The van der Waals surface area contributed by atoms with Gasteiger partial charge < -0.3 is 0 Å². The molecule has 0 aromatic heterocycles. The number of rotatable bonds is 5. The molecule has 2 aromatic carbocycles. The highest BCUT2D eigenvalue weighted by Crippen LogP contribution is 2.64. The minimum Gasteiger partial charge on any atom is -0.299 e. The smallest absolute Gasteiger partial charge is 0.163 e. The monoisotopic (exact) mass is 318 g/mol. The van der Waals surface area contributed by atoms with Gasteiger partial charge in [-0.25, -0.2) is 0 Å². The molecule has 0 unspecified atom stereocenters. The van der Waals surface area contributed by atoms with E-state index in [4.69, 9.17) is 0 Å². The van der Waals surface area contributed by atoms with Crippen LogP contribution in [0.1, 0.15) is 53.9 Å². The van der Waals surface area contributed by atoms with Gasteiger partial charge in [0, 0.05) is 29.2 Å². The molecule has 0 saturated heterocycles. The first-order valence-corrected chi connectivity index (χ1v) is 8.90. The van der Waals surface area contributed by atoms with Gasteiger partial charge >= 0.3 is 0 Å². The molecule has 24 heavy (non-hydrogen) atoms. The third kappa shape index (κ3) is 2.50. The number of carbonyl (C=O) groups is 2. The van der Waals surface area contributed by atoms with E-state index in [1.807, 2.05) is 48.5 Å². The zero-order valence-electron chi connectivity index (χ0n) is 13.8. The second-order valence-corrected chi connectivity index (χ2v) is 7.22. The quantitative estimate of drug-likeness (QED) is 0.742. The molecule has 4 rings (SSSR count). The molecule has 0 aliphatic heterocycles. The zero-order chi connectivity index (χ0) is 16.6. The molecule has 2 heteroatoms. The van der Waals surface area contributed by atoms with Gasteiger partial charge in [-0.15, -0.1) is 0 Å². The number of Topliss-reactive ketones (excluding diaryl/α,β-unsaturated/α-hetero) is 2. The van der Waals surface area contributed by atoms with Crippen molar-refractivity contribution in [3.05, 3.63) is 71.8 Å². The summed E-state index contributed by atoms with van der Waals surface area (Å²) < 4.78 is 0. The highest BCUT2D eigenvalue weighted by Gasteiger charge is 2.67. The van der Waals surface area contributed by atoms with Gasteiger partial charge in [-0.1, -0.05) is 73.5 Å². The van der Waals surface area contributed by atoms with Crippen molar-refractivity contribution in [3.63, 3.8) is 0 Å². The van der Waals surface area contributed by atoms with E-state index in [1.54, 1.807) is 0 Å². The van der Waals surface area contributed by atoms with Gasteiger partial charge in [0.05, 0.1) is 0 Å². The van der Waals surface area contributed by atoms with Crippen LogP contribution in [-0.4, -0.2) is 11.6 Å². The molecule has 122 valence electrons. The lowest BCUT2D eigenvalue weighted by Crippen LogP contribution is -2.13. The summed E-state index contributed by atoms with van der Waals surface area (Å²) in [7, 11) is 0. The minimum atomic E-state index is -0.114. The Kier molecular flexibility index (Phi) is 3.84. The Morgan fingerprint density at radius 3 is 2.17 bits per heavy atom. The zero-order valence-corrected chi connectivity index (χ0v) is 13.8. The maximum atomic E-state index is 12.8. The van der Waals surface area contributed by atoms with Gasteiger partial charge in [0.1, 0.15) is 5.78 Å². The largest absolute Gasteiger partial charge is 0.299 e. The van der Waals surface area contributed by atoms with Crippen molar-refractivity contribution in [2.75, 3.05) is 0 Å². The topological polar surface area (TPSA) is 34.1 Å². The summed E-state index contributed by atoms with van der Waals surface area (Å²) in [5, 5.41) is 0. The maximum absolute atomic E-state index is 12.8. The summed E-state index contributed by atoms with van der Waals surface area (Å²) in [4.78, 5) is 25.4. The molecular weight excluding hydrogens is 296 g/mol.